The van der Waals surface area contributed by atoms with Gasteiger partial charge in [-0.05, 0) is 128 Å². The number of hydrogen-bond acceptors (Lipinski definition) is 12. The van der Waals surface area contributed by atoms with Crippen LogP contribution in [0.25, 0.3) is 256 Å². The second-order valence-electron chi connectivity index (χ2n) is 33.6. The minimum absolute atomic E-state index is 0.171. The van der Waals surface area contributed by atoms with Gasteiger partial charge in [-0.1, -0.05) is 249 Å². The second-order valence-corrected chi connectivity index (χ2v) is 33.6. The van der Waals surface area contributed by atoms with Gasteiger partial charge in [-0.3, -0.25) is 0 Å². The van der Waals surface area contributed by atoms with Gasteiger partial charge in [0.25, 0.3) is 0 Å². The molecule has 17 aromatic carbocycles. The Bertz CT molecular complexity index is 10000. The van der Waals surface area contributed by atoms with Crippen molar-refractivity contribution in [1.82, 2.24) is 44.9 Å². The molecule has 0 radical (unpaired) electrons. The molecule has 6 heterocycles. The molecule has 0 amide bonds. The molecule has 0 atom stereocenters. The molecule has 0 aliphatic rings. The molecule has 0 aliphatic heterocycles. The topological polar surface area (TPSA) is 218 Å². The van der Waals surface area contributed by atoms with Crippen LogP contribution < -0.4 is 0 Å². The highest BCUT2D eigenvalue weighted by atomic mass is 19.2. The molecule has 688 valence electrons. The molecule has 19 nitrogen and oxygen atoms in total. The van der Waals surface area contributed by atoms with Crippen LogP contribution in [0.2, 0.25) is 0 Å². The van der Waals surface area contributed by atoms with Crippen molar-refractivity contribution in [1.29, 1.82) is 15.8 Å². The minimum atomic E-state index is -2.25. The lowest BCUT2D eigenvalue weighted by atomic mass is 9.94. The van der Waals surface area contributed by atoms with Crippen molar-refractivity contribution in [3.8, 4) is 142 Å². The monoisotopic (exact) mass is 1920 g/mol. The van der Waals surface area contributed by atoms with Gasteiger partial charge in [0.1, 0.15) is 0 Å². The zero-order valence-corrected chi connectivity index (χ0v) is 76.1. The first-order valence-electron chi connectivity index (χ1n) is 44.8. The molecule has 6 aromatic heterocycles. The molecule has 0 N–H and O–H groups in total. The van der Waals surface area contributed by atoms with Gasteiger partial charge in [0, 0.05) is 60.0 Å². The fraction of sp³-hybridized carbons (Fsp3) is 0. The normalized spacial score (nSPS) is 10.9. The standard InChI is InChI=1S/C42H17F5N6.C42H19F3N6.C37H17N7/c1-49-26-17-15-25(16-18-26)40-41(24-9-7-21(20-48)8-10-24)53-42-30(52-40)19-29(50-2)32-27-5-3-4-6-28(27)51-39(33(32)42)23-13-11-22(12-14-23)31-34(43)36(45)38(47)37(46)35(31)44;1-47-29-17-15-27(16-18-29)40-41(26-9-7-23(22-46)8-10-26)51-42-35(50-40)21-34(48-2)36-30-5-3-4-6-33(30)49-39(37(36)42)25-13-11-24(12-14-25)28-19-31(43)38(45)32(44)20-28;1-39-26-14-8-22(9-15-26)34-33-32(29-6-4-5-7-30(29)42-34)25(21-38)20-31-37(33)44-36(24-12-18-28(41-3)19-13-24)35(43-31)23-10-16-27(40-2)17-11-23/h3-19H;3-21H;4-20H. The average molecular weight is 1920 g/mol. The summed E-state index contributed by atoms with van der Waals surface area (Å²) in [4.78, 5) is 71.3. The van der Waals surface area contributed by atoms with Crippen LogP contribution in [-0.4, -0.2) is 44.9 Å². The number of rotatable bonds is 11. The van der Waals surface area contributed by atoms with Crippen LogP contribution >= 0.6 is 0 Å². The molecule has 0 aliphatic carbocycles. The number of fused-ring (bicyclic) bond motifs is 15. The maximum Gasteiger partial charge on any atom is 0.200 e. The summed E-state index contributed by atoms with van der Waals surface area (Å²) >= 11 is 0. The van der Waals surface area contributed by atoms with E-state index in [4.69, 9.17) is 90.9 Å². The summed E-state index contributed by atoms with van der Waals surface area (Å²) in [6.07, 6.45) is 0. The summed E-state index contributed by atoms with van der Waals surface area (Å²) in [6, 6.07) is 97.4. The van der Waals surface area contributed by atoms with Crippen molar-refractivity contribution in [2.75, 3.05) is 0 Å². The van der Waals surface area contributed by atoms with Gasteiger partial charge in [0.2, 0.25) is 5.82 Å². The summed E-state index contributed by atoms with van der Waals surface area (Å²) in [5.41, 5.74) is 19.0. The highest BCUT2D eigenvalue weighted by Crippen LogP contribution is 2.50. The predicted molar refractivity (Wildman–Crippen MR) is 554 cm³/mol. The van der Waals surface area contributed by atoms with Gasteiger partial charge in [0.15, 0.2) is 80.5 Å². The maximum absolute atomic E-state index is 14.8. The van der Waals surface area contributed by atoms with Crippen molar-refractivity contribution >= 4 is 138 Å². The van der Waals surface area contributed by atoms with Crippen LogP contribution in [0.1, 0.15) is 16.7 Å². The van der Waals surface area contributed by atoms with Crippen molar-refractivity contribution < 1.29 is 35.1 Å². The number of nitrogens with zero attached hydrogens (tertiary/aromatic N) is 19. The van der Waals surface area contributed by atoms with Crippen molar-refractivity contribution in [2.45, 2.75) is 0 Å². The lowest BCUT2D eigenvalue weighted by molar-refractivity contribution is 0.381. The number of hydrogen-bond donors (Lipinski definition) is 0. The van der Waals surface area contributed by atoms with E-state index in [2.05, 4.69) is 52.1 Å². The summed E-state index contributed by atoms with van der Waals surface area (Å²) in [6.45, 7) is 53.3. The van der Waals surface area contributed by atoms with Crippen LogP contribution in [0.5, 0.6) is 0 Å². The first-order chi connectivity index (χ1) is 72.2. The van der Waals surface area contributed by atoms with E-state index in [9.17, 15) is 50.9 Å². The van der Waals surface area contributed by atoms with E-state index in [1.807, 2.05) is 97.1 Å². The molecule has 148 heavy (non-hydrogen) atoms. The Morgan fingerprint density at radius 1 is 0.203 bits per heavy atom. The quantitative estimate of drug-likeness (QED) is 0.0388. The molecule has 23 rings (SSSR count). The third kappa shape index (κ3) is 16.6. The number of nitriles is 3. The molecule has 0 fully saturated rings. The number of aromatic nitrogens is 9. The van der Waals surface area contributed by atoms with Gasteiger partial charge < -0.3 is 0 Å². The largest absolute Gasteiger partial charge is 0.247 e. The number of halogens is 8. The average Bonchev–Trinajstić information content (AvgIpc) is 0.724. The lowest BCUT2D eigenvalue weighted by Gasteiger charge is -2.17. The summed E-state index contributed by atoms with van der Waals surface area (Å²) in [5, 5.41) is 35.1. The smallest absolute Gasteiger partial charge is 0.200 e. The molecule has 0 saturated heterocycles. The van der Waals surface area contributed by atoms with Gasteiger partial charge in [-0.15, -0.1) is 0 Å². The highest BCUT2D eigenvalue weighted by Gasteiger charge is 2.31. The van der Waals surface area contributed by atoms with Crippen LogP contribution in [-0.2, 0) is 0 Å². The fourth-order valence-electron chi connectivity index (χ4n) is 18.1. The van der Waals surface area contributed by atoms with E-state index >= 15 is 0 Å². The van der Waals surface area contributed by atoms with Crippen molar-refractivity contribution in [2.24, 2.45) is 0 Å². The summed E-state index contributed by atoms with van der Waals surface area (Å²) in [5.74, 6) is -14.4. The number of benzene rings is 17. The van der Waals surface area contributed by atoms with E-state index in [1.165, 1.54) is 24.3 Å². The molecular formula is C121H53F8N19. The maximum atomic E-state index is 14.8. The van der Waals surface area contributed by atoms with Crippen LogP contribution in [0, 0.1) is 127 Å². The highest BCUT2D eigenvalue weighted by molar-refractivity contribution is 6.27. The van der Waals surface area contributed by atoms with E-state index < -0.39 is 52.1 Å². The van der Waals surface area contributed by atoms with Gasteiger partial charge in [-0.25, -0.2) is 114 Å². The Morgan fingerprint density at radius 3 is 0.757 bits per heavy atom. The summed E-state index contributed by atoms with van der Waals surface area (Å²) in [7, 11) is 0. The SMILES string of the molecule is [C-]#[N+]c1ccc(-c2nc3cc(C#N)c4c5ccccc5nc(-c5ccc([N+]#[C-])cc5)c4c3nc2-c2ccc([N+]#[C-])cc2)cc1.[C-]#[N+]c1ccc(-c2nc3cc([N+]#[C-])c4c5ccccc5nc(-c5ccc(-c6c(F)c(F)c(F)c(F)c6F)cc5)c4c3nc2-c2ccc(C#N)cc2)cc1.[C-]#[N+]c1ccc(-c2nc3cc([N+]#[C-])c4c5ccccc5nc(-c5ccc(-c6cc(F)c(F)c(F)c6)cc5)c4c3nc2-c2ccc(C#N)cc2)cc1. The number of para-hydroxylation sites is 3. The Labute approximate surface area is 835 Å². The Morgan fingerprint density at radius 2 is 0.453 bits per heavy atom. The second kappa shape index (κ2) is 38.4. The fourth-order valence-corrected chi connectivity index (χ4v) is 18.1. The van der Waals surface area contributed by atoms with E-state index in [1.54, 1.807) is 188 Å². The Hall–Kier alpha value is -21.9. The Kier molecular flexibility index (Phi) is 24.0. The van der Waals surface area contributed by atoms with Crippen LogP contribution in [0.15, 0.2) is 322 Å². The number of pyridine rings is 3. The zero-order chi connectivity index (χ0) is 102. The molecule has 27 heteroatoms. The summed E-state index contributed by atoms with van der Waals surface area (Å²) < 4.78 is 113. The van der Waals surface area contributed by atoms with E-state index in [0.717, 1.165) is 50.5 Å². The predicted octanol–water partition coefficient (Wildman–Crippen LogP) is 32.9. The van der Waals surface area contributed by atoms with Crippen molar-refractivity contribution in [3.05, 3.63) is 465 Å². The molecular weight excluding hydrogens is 1870 g/mol. The van der Waals surface area contributed by atoms with Crippen molar-refractivity contribution in [3.63, 3.8) is 0 Å². The van der Waals surface area contributed by atoms with E-state index in [-0.39, 0.29) is 16.8 Å². The van der Waals surface area contributed by atoms with Crippen LogP contribution in [0.4, 0.5) is 74.9 Å². The molecule has 0 spiro atoms. The third-order valence-electron chi connectivity index (χ3n) is 25.2. The van der Waals surface area contributed by atoms with Crippen LogP contribution in [0.3, 0.4) is 0 Å². The molecule has 0 unspecified atom stereocenters. The van der Waals surface area contributed by atoms with Gasteiger partial charge in [0.05, 0.1) is 187 Å². The molecule has 0 bridgehead atoms. The Balaban J connectivity index is 0.000000131. The lowest BCUT2D eigenvalue weighted by Crippen LogP contribution is -2.04. The minimum Gasteiger partial charge on any atom is -0.247 e. The van der Waals surface area contributed by atoms with E-state index in [0.29, 0.717) is 217 Å². The zero-order valence-electron chi connectivity index (χ0n) is 76.1. The molecule has 0 saturated carbocycles. The first-order valence-corrected chi connectivity index (χ1v) is 44.8. The third-order valence-corrected chi connectivity index (χ3v) is 25.2. The first kappa shape index (κ1) is 92.5. The molecule has 23 aromatic rings. The van der Waals surface area contributed by atoms with Gasteiger partial charge in [-0.2, -0.15) is 15.8 Å². The van der Waals surface area contributed by atoms with Gasteiger partial charge >= 0.3 is 0 Å².